The van der Waals surface area contributed by atoms with Crippen LogP contribution in [-0.2, 0) is 14.3 Å². The van der Waals surface area contributed by atoms with E-state index in [-0.39, 0.29) is 24.0 Å². The lowest BCUT2D eigenvalue weighted by atomic mass is 10.0. The van der Waals surface area contributed by atoms with Gasteiger partial charge in [-0.05, 0) is 30.2 Å². The smallest absolute Gasteiger partial charge is 0.262 e. The van der Waals surface area contributed by atoms with Crippen LogP contribution < -0.4 is 15.5 Å². The Morgan fingerprint density at radius 2 is 1.80 bits per heavy atom. The van der Waals surface area contributed by atoms with Gasteiger partial charge in [0.2, 0.25) is 0 Å². The summed E-state index contributed by atoms with van der Waals surface area (Å²) in [6, 6.07) is 12.8. The van der Waals surface area contributed by atoms with Crippen molar-refractivity contribution in [3.63, 3.8) is 0 Å². The lowest BCUT2D eigenvalue weighted by molar-refractivity contribution is -0.137. The molecule has 35 heavy (non-hydrogen) atoms. The van der Waals surface area contributed by atoms with Crippen LogP contribution >= 0.6 is 11.6 Å². The Kier molecular flexibility index (Phi) is 9.63. The molecule has 186 valence electrons. The molecule has 10 heteroatoms. The van der Waals surface area contributed by atoms with Crippen LogP contribution in [0.25, 0.3) is 0 Å². The minimum Gasteiger partial charge on any atom is -0.483 e. The summed E-state index contributed by atoms with van der Waals surface area (Å²) >= 11 is 6.09. The Labute approximate surface area is 209 Å². The first-order valence-corrected chi connectivity index (χ1v) is 11.7. The lowest BCUT2D eigenvalue weighted by Gasteiger charge is -2.26. The molecule has 1 heterocycles. The normalized spacial score (nSPS) is 14.6. The van der Waals surface area contributed by atoms with Gasteiger partial charge < -0.3 is 19.7 Å². The van der Waals surface area contributed by atoms with Crippen molar-refractivity contribution >= 4 is 35.5 Å². The molecule has 0 radical (unpaired) electrons. The Bertz CT molecular complexity index is 1070. The fraction of sp³-hybridized carbons (Fsp3) is 0.360. The number of morpholine rings is 1. The number of ether oxygens (including phenoxy) is 2. The van der Waals surface area contributed by atoms with Crippen molar-refractivity contribution in [1.82, 2.24) is 15.6 Å². The van der Waals surface area contributed by atoms with Gasteiger partial charge in [-0.15, -0.1) is 0 Å². The second kappa shape index (κ2) is 12.9. The van der Waals surface area contributed by atoms with Gasteiger partial charge in [-0.25, -0.2) is 5.43 Å². The van der Waals surface area contributed by atoms with Crippen molar-refractivity contribution in [3.05, 3.63) is 64.7 Å². The number of carbonyl (C=O) groups is 3. The molecule has 1 unspecified atom stereocenters. The second-order valence-corrected chi connectivity index (χ2v) is 8.64. The van der Waals surface area contributed by atoms with Gasteiger partial charge in [0.05, 0.1) is 30.0 Å². The van der Waals surface area contributed by atoms with Crippen LogP contribution in [0.5, 0.6) is 5.75 Å². The van der Waals surface area contributed by atoms with Crippen LogP contribution in [0.2, 0.25) is 5.02 Å². The van der Waals surface area contributed by atoms with Crippen molar-refractivity contribution in [2.45, 2.75) is 19.9 Å². The van der Waals surface area contributed by atoms with E-state index in [4.69, 9.17) is 21.1 Å². The number of amides is 3. The number of nitrogens with zero attached hydrogens (tertiary/aromatic N) is 2. The summed E-state index contributed by atoms with van der Waals surface area (Å²) in [7, 11) is 0. The fourth-order valence-corrected chi connectivity index (χ4v) is 3.62. The second-order valence-electron chi connectivity index (χ2n) is 8.23. The molecule has 1 fully saturated rings. The van der Waals surface area contributed by atoms with E-state index in [9.17, 15) is 14.4 Å². The van der Waals surface area contributed by atoms with Crippen molar-refractivity contribution in [2.75, 3.05) is 32.9 Å². The topological polar surface area (TPSA) is 109 Å². The molecule has 0 saturated carbocycles. The van der Waals surface area contributed by atoms with Gasteiger partial charge >= 0.3 is 0 Å². The molecule has 9 nitrogen and oxygen atoms in total. The monoisotopic (exact) mass is 500 g/mol. The molecule has 1 aliphatic rings. The highest BCUT2D eigenvalue weighted by Crippen LogP contribution is 2.17. The summed E-state index contributed by atoms with van der Waals surface area (Å²) in [5.74, 6) is -0.782. The third kappa shape index (κ3) is 7.53. The Hall–Kier alpha value is -3.43. The summed E-state index contributed by atoms with van der Waals surface area (Å²) in [6.45, 7) is 5.64. The molecule has 1 atom stereocenters. The highest BCUT2D eigenvalue weighted by molar-refractivity contribution is 6.33. The quantitative estimate of drug-likeness (QED) is 0.406. The molecule has 0 spiro atoms. The first-order chi connectivity index (χ1) is 16.9. The van der Waals surface area contributed by atoms with Crippen LogP contribution in [0, 0.1) is 5.92 Å². The zero-order chi connectivity index (χ0) is 25.2. The molecule has 3 amide bonds. The largest absolute Gasteiger partial charge is 0.483 e. The van der Waals surface area contributed by atoms with Crippen LogP contribution in [0.1, 0.15) is 29.8 Å². The van der Waals surface area contributed by atoms with Crippen molar-refractivity contribution < 1.29 is 23.9 Å². The highest BCUT2D eigenvalue weighted by atomic mass is 35.5. The van der Waals surface area contributed by atoms with Crippen LogP contribution in [-0.4, -0.2) is 67.8 Å². The van der Waals surface area contributed by atoms with E-state index in [1.54, 1.807) is 53.4 Å². The SMILES string of the molecule is CC(C)C(NC(=O)c1ccccc1Cl)C(=O)NN=Cc1ccccc1OCC(=O)N1CCOCC1. The Balaban J connectivity index is 1.59. The van der Waals surface area contributed by atoms with Crippen LogP contribution in [0.4, 0.5) is 0 Å². The molecular weight excluding hydrogens is 472 g/mol. The van der Waals surface area contributed by atoms with Crippen LogP contribution in [0.3, 0.4) is 0 Å². The number of nitrogens with one attached hydrogen (secondary N) is 2. The predicted molar refractivity (Wildman–Crippen MR) is 133 cm³/mol. The third-order valence-corrected chi connectivity index (χ3v) is 5.70. The summed E-state index contributed by atoms with van der Waals surface area (Å²) in [6.07, 6.45) is 1.43. The number of rotatable bonds is 9. The number of carbonyl (C=O) groups excluding carboxylic acids is 3. The van der Waals surface area contributed by atoms with E-state index >= 15 is 0 Å². The number of para-hydroxylation sites is 1. The molecule has 0 aliphatic carbocycles. The highest BCUT2D eigenvalue weighted by Gasteiger charge is 2.25. The maximum absolute atomic E-state index is 12.7. The van der Waals surface area contributed by atoms with Crippen LogP contribution in [0.15, 0.2) is 53.6 Å². The number of halogens is 1. The third-order valence-electron chi connectivity index (χ3n) is 5.37. The molecule has 3 rings (SSSR count). The molecular formula is C25H29ClN4O5. The average Bonchev–Trinajstić information content (AvgIpc) is 2.86. The first kappa shape index (κ1) is 26.2. The molecule has 1 aliphatic heterocycles. The van der Waals surface area contributed by atoms with Crippen molar-refractivity contribution in [1.29, 1.82) is 0 Å². The molecule has 2 aromatic rings. The lowest BCUT2D eigenvalue weighted by Crippen LogP contribution is -2.48. The maximum Gasteiger partial charge on any atom is 0.262 e. The van der Waals surface area contributed by atoms with Gasteiger partial charge in [0.25, 0.3) is 17.7 Å². The summed E-state index contributed by atoms with van der Waals surface area (Å²) in [4.78, 5) is 39.4. The zero-order valence-electron chi connectivity index (χ0n) is 19.7. The first-order valence-electron chi connectivity index (χ1n) is 11.3. The van der Waals surface area contributed by atoms with E-state index in [2.05, 4.69) is 15.8 Å². The standard InChI is InChI=1S/C25H29ClN4O5/c1-17(2)23(28-24(32)19-8-4-5-9-20(19)26)25(33)29-27-15-18-7-3-6-10-21(18)35-16-22(31)30-11-13-34-14-12-30/h3-10,15,17,23H,11-14,16H2,1-2H3,(H,28,32)(H,29,33). The van der Waals surface area contributed by atoms with E-state index in [1.165, 1.54) is 6.21 Å². The van der Waals surface area contributed by atoms with Gasteiger partial charge in [0.15, 0.2) is 6.61 Å². The summed E-state index contributed by atoms with van der Waals surface area (Å²) in [5.41, 5.74) is 3.34. The van der Waals surface area contributed by atoms with E-state index in [0.717, 1.165) is 0 Å². The van der Waals surface area contributed by atoms with E-state index in [0.29, 0.717) is 42.6 Å². The minimum atomic E-state index is -0.825. The summed E-state index contributed by atoms with van der Waals surface area (Å²) < 4.78 is 11.0. The average molecular weight is 501 g/mol. The van der Waals surface area contributed by atoms with Gasteiger partial charge in [-0.2, -0.15) is 5.10 Å². The van der Waals surface area contributed by atoms with E-state index < -0.39 is 17.9 Å². The van der Waals surface area contributed by atoms with Gasteiger partial charge in [0, 0.05) is 18.7 Å². The van der Waals surface area contributed by atoms with E-state index in [1.807, 2.05) is 13.8 Å². The fourth-order valence-electron chi connectivity index (χ4n) is 3.40. The Morgan fingerprint density at radius 1 is 1.11 bits per heavy atom. The molecule has 2 N–H and O–H groups in total. The minimum absolute atomic E-state index is 0.110. The Morgan fingerprint density at radius 3 is 2.51 bits per heavy atom. The molecule has 0 bridgehead atoms. The number of hydrogen-bond donors (Lipinski definition) is 2. The zero-order valence-corrected chi connectivity index (χ0v) is 20.5. The van der Waals surface area contributed by atoms with Crippen molar-refractivity contribution in [3.8, 4) is 5.75 Å². The predicted octanol–water partition coefficient (Wildman–Crippen LogP) is 2.48. The number of hydrazone groups is 1. The van der Waals surface area contributed by atoms with Gasteiger partial charge in [-0.3, -0.25) is 14.4 Å². The molecule has 0 aromatic heterocycles. The van der Waals surface area contributed by atoms with Crippen molar-refractivity contribution in [2.24, 2.45) is 11.0 Å². The van der Waals surface area contributed by atoms with Gasteiger partial charge in [0.1, 0.15) is 11.8 Å². The molecule has 2 aromatic carbocycles. The number of benzene rings is 2. The number of hydrogen-bond acceptors (Lipinski definition) is 6. The molecule has 1 saturated heterocycles. The van der Waals surface area contributed by atoms with Gasteiger partial charge in [-0.1, -0.05) is 49.7 Å². The maximum atomic E-state index is 12.7. The summed E-state index contributed by atoms with van der Waals surface area (Å²) in [5, 5.41) is 7.04.